The monoisotopic (exact) mass is 600 g/mol. The number of fused-ring (bicyclic) bond motifs is 4. The molecule has 3 saturated carbocycles. The van der Waals surface area contributed by atoms with E-state index in [2.05, 4.69) is 0 Å². The SMILES string of the molecule is CC1(C)COC2(CCC3=C4C(CCC3(O)C2)C2CC[C@@](O)(C(F)(F)C(F)(F)F)[C@@]2(C)C[C@@H]4c2ccc(CO)cc2)OC1. The molecule has 5 nitrogen and oxygen atoms in total. The molecule has 4 fully saturated rings. The molecular formula is C32H41F5O5. The first kappa shape index (κ1) is 30.4. The summed E-state index contributed by atoms with van der Waals surface area (Å²) in [5.74, 6) is -7.75. The largest absolute Gasteiger partial charge is 0.456 e. The molecule has 1 spiro atoms. The molecule has 1 heterocycles. The van der Waals surface area contributed by atoms with E-state index in [0.29, 0.717) is 50.0 Å². The Kier molecular flexibility index (Phi) is 6.85. The van der Waals surface area contributed by atoms with E-state index in [1.54, 1.807) is 24.3 Å². The Balaban J connectivity index is 1.45. The molecule has 42 heavy (non-hydrogen) atoms. The smallest absolute Gasteiger partial charge is 0.392 e. The minimum atomic E-state index is -5.89. The average Bonchev–Trinajstić information content (AvgIpc) is 3.20. The van der Waals surface area contributed by atoms with Gasteiger partial charge in [0.2, 0.25) is 0 Å². The lowest BCUT2D eigenvalue weighted by Crippen LogP contribution is -2.65. The number of aliphatic hydroxyl groups excluding tert-OH is 1. The Morgan fingerprint density at radius 1 is 0.905 bits per heavy atom. The summed E-state index contributed by atoms with van der Waals surface area (Å²) < 4.78 is 84.2. The Morgan fingerprint density at radius 2 is 1.55 bits per heavy atom. The number of ether oxygens (including phenoxy) is 2. The third-order valence-corrected chi connectivity index (χ3v) is 11.5. The van der Waals surface area contributed by atoms with Gasteiger partial charge in [-0.1, -0.05) is 50.6 Å². The van der Waals surface area contributed by atoms with Crippen LogP contribution < -0.4 is 0 Å². The van der Waals surface area contributed by atoms with Gasteiger partial charge in [-0.05, 0) is 67.1 Å². The van der Waals surface area contributed by atoms with E-state index in [0.717, 1.165) is 11.1 Å². The van der Waals surface area contributed by atoms with Gasteiger partial charge in [-0.25, -0.2) is 0 Å². The summed E-state index contributed by atoms with van der Waals surface area (Å²) in [6.45, 7) is 6.29. The average molecular weight is 601 g/mol. The molecule has 0 amide bonds. The molecule has 234 valence electrons. The van der Waals surface area contributed by atoms with Gasteiger partial charge in [0.05, 0.1) is 25.4 Å². The van der Waals surface area contributed by atoms with Crippen LogP contribution in [0.15, 0.2) is 35.4 Å². The minimum Gasteiger partial charge on any atom is -0.392 e. The first-order valence-electron chi connectivity index (χ1n) is 15.0. The molecular weight excluding hydrogens is 559 g/mol. The normalized spacial score (nSPS) is 39.5. The van der Waals surface area contributed by atoms with Crippen molar-refractivity contribution in [3.05, 3.63) is 46.5 Å². The van der Waals surface area contributed by atoms with Crippen LogP contribution in [0.3, 0.4) is 0 Å². The minimum absolute atomic E-state index is 0.0416. The first-order valence-corrected chi connectivity index (χ1v) is 15.0. The fourth-order valence-corrected chi connectivity index (χ4v) is 9.16. The Hall–Kier alpha value is -1.59. The summed E-state index contributed by atoms with van der Waals surface area (Å²) in [4.78, 5) is 0. The van der Waals surface area contributed by atoms with E-state index in [4.69, 9.17) is 9.47 Å². The number of allylic oxidation sites excluding steroid dienone is 1. The summed E-state index contributed by atoms with van der Waals surface area (Å²) in [6, 6.07) is 6.97. The maximum atomic E-state index is 15.2. The molecule has 1 saturated heterocycles. The number of hydrogen-bond acceptors (Lipinski definition) is 5. The summed E-state index contributed by atoms with van der Waals surface area (Å²) in [6.07, 6.45) is -4.71. The van der Waals surface area contributed by atoms with Gasteiger partial charge in [-0.15, -0.1) is 0 Å². The molecule has 0 aromatic heterocycles. The predicted molar refractivity (Wildman–Crippen MR) is 143 cm³/mol. The number of halogens is 5. The second-order valence-corrected chi connectivity index (χ2v) is 14.6. The number of benzene rings is 1. The van der Waals surface area contributed by atoms with Crippen LogP contribution in [-0.4, -0.2) is 57.6 Å². The molecule has 1 aromatic rings. The van der Waals surface area contributed by atoms with Crippen molar-refractivity contribution in [2.75, 3.05) is 13.2 Å². The van der Waals surface area contributed by atoms with Gasteiger partial charge in [0.15, 0.2) is 5.79 Å². The van der Waals surface area contributed by atoms with Gasteiger partial charge < -0.3 is 24.8 Å². The van der Waals surface area contributed by atoms with E-state index >= 15 is 8.78 Å². The van der Waals surface area contributed by atoms with Crippen molar-refractivity contribution in [2.45, 2.75) is 114 Å². The van der Waals surface area contributed by atoms with Crippen LogP contribution in [0.25, 0.3) is 0 Å². The summed E-state index contributed by atoms with van der Waals surface area (Å²) in [7, 11) is 0. The molecule has 5 aliphatic rings. The van der Waals surface area contributed by atoms with Crippen molar-refractivity contribution in [1.29, 1.82) is 0 Å². The topological polar surface area (TPSA) is 79.2 Å². The van der Waals surface area contributed by atoms with Crippen LogP contribution in [0, 0.1) is 22.7 Å². The highest BCUT2D eigenvalue weighted by Gasteiger charge is 2.79. The van der Waals surface area contributed by atoms with E-state index in [9.17, 15) is 28.5 Å². The lowest BCUT2D eigenvalue weighted by Gasteiger charge is -2.59. The van der Waals surface area contributed by atoms with Gasteiger partial charge in [-0.2, -0.15) is 22.0 Å². The second kappa shape index (κ2) is 9.46. The van der Waals surface area contributed by atoms with Crippen LogP contribution in [-0.2, 0) is 16.1 Å². The van der Waals surface area contributed by atoms with E-state index in [1.807, 2.05) is 13.8 Å². The third kappa shape index (κ3) is 4.25. The highest BCUT2D eigenvalue weighted by Crippen LogP contribution is 2.71. The van der Waals surface area contributed by atoms with Crippen molar-refractivity contribution < 1.29 is 46.7 Å². The maximum absolute atomic E-state index is 15.2. The van der Waals surface area contributed by atoms with Crippen molar-refractivity contribution in [2.24, 2.45) is 22.7 Å². The zero-order chi connectivity index (χ0) is 30.6. The molecule has 10 heteroatoms. The zero-order valence-electron chi connectivity index (χ0n) is 24.4. The Bertz CT molecular complexity index is 1250. The quantitative estimate of drug-likeness (QED) is 0.277. The van der Waals surface area contributed by atoms with Gasteiger partial charge in [0.1, 0.15) is 5.60 Å². The van der Waals surface area contributed by atoms with Gasteiger partial charge in [-0.3, -0.25) is 0 Å². The van der Waals surface area contributed by atoms with Gasteiger partial charge in [0.25, 0.3) is 0 Å². The highest BCUT2D eigenvalue weighted by molar-refractivity contribution is 5.44. The standard InChI is InChI=1S/C32H41F5O5/c1-26(2)17-41-29(42-18-26)12-9-24-25-21(8-11-28(24,39)16-29)23-10-13-30(40,31(33,34)32(35,36)37)27(23,3)14-22(25)20-6-4-19(15-38)5-7-20/h4-7,21-23,38-40H,8-18H2,1-3H3/t21?,22-,23?,27+,28?,30+/m1/s1. The molecule has 0 radical (unpaired) electrons. The second-order valence-electron chi connectivity index (χ2n) is 14.6. The molecule has 1 aromatic carbocycles. The van der Waals surface area contributed by atoms with Crippen LogP contribution >= 0.6 is 0 Å². The van der Waals surface area contributed by atoms with Crippen LogP contribution in [0.5, 0.6) is 0 Å². The number of hydrogen-bond donors (Lipinski definition) is 3. The van der Waals surface area contributed by atoms with Crippen molar-refractivity contribution >= 4 is 0 Å². The van der Waals surface area contributed by atoms with Crippen molar-refractivity contribution in [3.8, 4) is 0 Å². The lowest BCUT2D eigenvalue weighted by molar-refractivity contribution is -0.362. The highest BCUT2D eigenvalue weighted by atomic mass is 19.4. The van der Waals surface area contributed by atoms with Crippen molar-refractivity contribution in [1.82, 2.24) is 0 Å². The van der Waals surface area contributed by atoms with Crippen LogP contribution in [0.1, 0.15) is 89.2 Å². The fourth-order valence-electron chi connectivity index (χ4n) is 9.16. The molecule has 0 bridgehead atoms. The van der Waals surface area contributed by atoms with E-state index < -0.39 is 52.8 Å². The molecule has 3 unspecified atom stereocenters. The molecule has 6 rings (SSSR count). The molecule has 4 aliphatic carbocycles. The summed E-state index contributed by atoms with van der Waals surface area (Å²) in [5, 5.41) is 33.2. The summed E-state index contributed by atoms with van der Waals surface area (Å²) in [5.41, 5.74) is -3.32. The Labute approximate surface area is 243 Å². The van der Waals surface area contributed by atoms with E-state index in [1.165, 1.54) is 6.92 Å². The fraction of sp³-hybridized carbons (Fsp3) is 0.750. The lowest BCUT2D eigenvalue weighted by atomic mass is 9.49. The zero-order valence-corrected chi connectivity index (χ0v) is 24.4. The van der Waals surface area contributed by atoms with Crippen LogP contribution in [0.4, 0.5) is 22.0 Å². The number of aliphatic hydroxyl groups is 3. The van der Waals surface area contributed by atoms with Crippen molar-refractivity contribution in [3.63, 3.8) is 0 Å². The molecule has 1 aliphatic heterocycles. The van der Waals surface area contributed by atoms with Crippen LogP contribution in [0.2, 0.25) is 0 Å². The Morgan fingerprint density at radius 3 is 2.14 bits per heavy atom. The molecule has 6 atom stereocenters. The first-order chi connectivity index (χ1) is 19.4. The number of alkyl halides is 5. The molecule has 3 N–H and O–H groups in total. The summed E-state index contributed by atoms with van der Waals surface area (Å²) >= 11 is 0. The van der Waals surface area contributed by atoms with Gasteiger partial charge in [0, 0.05) is 29.6 Å². The number of rotatable bonds is 3. The predicted octanol–water partition coefficient (Wildman–Crippen LogP) is 6.40. The maximum Gasteiger partial charge on any atom is 0.456 e. The third-order valence-electron chi connectivity index (χ3n) is 11.5. The van der Waals surface area contributed by atoms with E-state index in [-0.39, 0.29) is 37.2 Å². The van der Waals surface area contributed by atoms with Gasteiger partial charge >= 0.3 is 12.1 Å².